The summed E-state index contributed by atoms with van der Waals surface area (Å²) >= 11 is 11.7. The Kier molecular flexibility index (Phi) is 3.29. The minimum absolute atomic E-state index is 0.304. The van der Waals surface area contributed by atoms with Crippen molar-refractivity contribution in [1.29, 1.82) is 0 Å². The molecule has 0 heterocycles. The molecule has 0 aliphatic carbocycles. The van der Waals surface area contributed by atoms with E-state index in [1.807, 2.05) is 0 Å². The van der Waals surface area contributed by atoms with Gasteiger partial charge in [-0.3, -0.25) is 4.31 Å². The van der Waals surface area contributed by atoms with Crippen LogP contribution in [-0.2, 0) is 10.0 Å². The molecule has 0 spiro atoms. The number of nitrogens with zero attached hydrogens (tertiary/aromatic N) is 1. The van der Waals surface area contributed by atoms with E-state index in [0.29, 0.717) is 15.7 Å². The lowest BCUT2D eigenvalue weighted by atomic mass is 10.3. The van der Waals surface area contributed by atoms with Gasteiger partial charge in [0, 0.05) is 7.05 Å². The van der Waals surface area contributed by atoms with Crippen molar-refractivity contribution in [1.82, 2.24) is 0 Å². The molecule has 0 saturated heterocycles. The largest absolute Gasteiger partial charge is 0.271 e. The normalized spacial score (nSPS) is 11.4. The fraction of sp³-hybridized carbons (Fsp3) is 0.250. The van der Waals surface area contributed by atoms with Gasteiger partial charge in [0.2, 0.25) is 10.0 Å². The van der Waals surface area contributed by atoms with Gasteiger partial charge < -0.3 is 0 Å². The summed E-state index contributed by atoms with van der Waals surface area (Å²) in [6, 6.07) is 4.83. The summed E-state index contributed by atoms with van der Waals surface area (Å²) in [6.45, 7) is 0. The molecule has 0 aliphatic rings. The van der Waals surface area contributed by atoms with Crippen molar-refractivity contribution in [3.05, 3.63) is 28.2 Å². The Morgan fingerprint density at radius 1 is 1.21 bits per heavy atom. The third-order valence-corrected chi connectivity index (χ3v) is 3.54. The van der Waals surface area contributed by atoms with Crippen LogP contribution in [0.15, 0.2) is 18.2 Å². The first-order valence-electron chi connectivity index (χ1n) is 3.72. The lowest BCUT2D eigenvalue weighted by Crippen LogP contribution is -2.25. The Balaban J connectivity index is 3.33. The number of sulfonamides is 1. The second kappa shape index (κ2) is 3.96. The van der Waals surface area contributed by atoms with Crippen LogP contribution in [0.25, 0.3) is 0 Å². The van der Waals surface area contributed by atoms with E-state index in [1.54, 1.807) is 18.2 Å². The molecule has 1 rings (SSSR count). The van der Waals surface area contributed by atoms with Gasteiger partial charge >= 0.3 is 0 Å². The second-order valence-corrected chi connectivity index (χ2v) is 5.63. The van der Waals surface area contributed by atoms with Crippen LogP contribution in [0.4, 0.5) is 5.69 Å². The average molecular weight is 254 g/mol. The van der Waals surface area contributed by atoms with Gasteiger partial charge in [-0.15, -0.1) is 0 Å². The van der Waals surface area contributed by atoms with E-state index < -0.39 is 10.0 Å². The Morgan fingerprint density at radius 3 is 2.00 bits per heavy atom. The number of anilines is 1. The fourth-order valence-electron chi connectivity index (χ4n) is 0.956. The number of benzene rings is 1. The lowest BCUT2D eigenvalue weighted by Gasteiger charge is -2.19. The zero-order chi connectivity index (χ0) is 10.9. The number of para-hydroxylation sites is 1. The van der Waals surface area contributed by atoms with Crippen LogP contribution in [0.3, 0.4) is 0 Å². The fourth-order valence-corrected chi connectivity index (χ4v) is 2.24. The third-order valence-electron chi connectivity index (χ3n) is 1.75. The van der Waals surface area contributed by atoms with Crippen molar-refractivity contribution in [2.45, 2.75) is 0 Å². The molecular weight excluding hydrogens is 245 g/mol. The molecule has 0 aromatic heterocycles. The molecule has 0 N–H and O–H groups in total. The molecule has 3 nitrogen and oxygen atoms in total. The topological polar surface area (TPSA) is 37.4 Å². The zero-order valence-corrected chi connectivity index (χ0v) is 9.99. The Morgan fingerprint density at radius 2 is 1.64 bits per heavy atom. The van der Waals surface area contributed by atoms with Crippen LogP contribution >= 0.6 is 23.2 Å². The number of halogens is 2. The van der Waals surface area contributed by atoms with Gasteiger partial charge in [0.25, 0.3) is 0 Å². The molecule has 0 bridgehead atoms. The minimum Gasteiger partial charge on any atom is -0.271 e. The molecule has 14 heavy (non-hydrogen) atoms. The van der Waals surface area contributed by atoms with E-state index in [4.69, 9.17) is 23.2 Å². The molecule has 0 aliphatic heterocycles. The third kappa shape index (κ3) is 2.32. The van der Waals surface area contributed by atoms with Gasteiger partial charge in [0.15, 0.2) is 0 Å². The highest BCUT2D eigenvalue weighted by Crippen LogP contribution is 2.33. The minimum atomic E-state index is -3.34. The summed E-state index contributed by atoms with van der Waals surface area (Å²) < 4.78 is 23.5. The first-order chi connectivity index (χ1) is 6.34. The highest BCUT2D eigenvalue weighted by Gasteiger charge is 2.17. The van der Waals surface area contributed by atoms with E-state index in [-0.39, 0.29) is 0 Å². The van der Waals surface area contributed by atoms with Crippen LogP contribution in [0.1, 0.15) is 0 Å². The molecule has 6 heteroatoms. The van der Waals surface area contributed by atoms with Gasteiger partial charge in [-0.25, -0.2) is 8.42 Å². The van der Waals surface area contributed by atoms with E-state index >= 15 is 0 Å². The summed E-state index contributed by atoms with van der Waals surface area (Å²) in [5.41, 5.74) is 0.304. The molecule has 0 atom stereocenters. The summed E-state index contributed by atoms with van der Waals surface area (Å²) in [5.74, 6) is 0. The van der Waals surface area contributed by atoms with Gasteiger partial charge in [-0.05, 0) is 12.1 Å². The lowest BCUT2D eigenvalue weighted by molar-refractivity contribution is 0.600. The smallest absolute Gasteiger partial charge is 0.232 e. The van der Waals surface area contributed by atoms with Crippen molar-refractivity contribution in [3.8, 4) is 0 Å². The van der Waals surface area contributed by atoms with Crippen LogP contribution in [0, 0.1) is 0 Å². The van der Waals surface area contributed by atoms with Crippen LogP contribution in [-0.4, -0.2) is 21.7 Å². The first kappa shape index (κ1) is 11.6. The molecule has 0 saturated carbocycles. The summed E-state index contributed by atoms with van der Waals surface area (Å²) in [5, 5.41) is 0.621. The number of hydrogen-bond donors (Lipinski definition) is 0. The maximum absolute atomic E-state index is 11.2. The number of rotatable bonds is 2. The van der Waals surface area contributed by atoms with E-state index in [9.17, 15) is 8.42 Å². The van der Waals surface area contributed by atoms with E-state index in [1.165, 1.54) is 7.05 Å². The highest BCUT2D eigenvalue weighted by atomic mass is 35.5. The van der Waals surface area contributed by atoms with Crippen molar-refractivity contribution in [3.63, 3.8) is 0 Å². The summed E-state index contributed by atoms with van der Waals surface area (Å²) in [6.07, 6.45) is 1.09. The molecule has 78 valence electrons. The average Bonchev–Trinajstić information content (AvgIpc) is 2.01. The van der Waals surface area contributed by atoms with Gasteiger partial charge in [-0.2, -0.15) is 0 Å². The van der Waals surface area contributed by atoms with E-state index in [2.05, 4.69) is 0 Å². The SMILES string of the molecule is CN(c1c(Cl)cccc1Cl)S(C)(=O)=O. The first-order valence-corrected chi connectivity index (χ1v) is 6.32. The Hall–Kier alpha value is -0.450. The van der Waals surface area contributed by atoms with Crippen molar-refractivity contribution >= 4 is 38.9 Å². The van der Waals surface area contributed by atoms with Crippen molar-refractivity contribution in [2.75, 3.05) is 17.6 Å². The maximum atomic E-state index is 11.2. The van der Waals surface area contributed by atoms with Gasteiger partial charge in [0.05, 0.1) is 22.0 Å². The quantitative estimate of drug-likeness (QED) is 0.812. The van der Waals surface area contributed by atoms with Crippen molar-refractivity contribution in [2.24, 2.45) is 0 Å². The highest BCUT2D eigenvalue weighted by molar-refractivity contribution is 7.92. The maximum Gasteiger partial charge on any atom is 0.232 e. The van der Waals surface area contributed by atoms with Crippen LogP contribution in [0.5, 0.6) is 0 Å². The standard InChI is InChI=1S/C8H9Cl2NO2S/c1-11(14(2,12)13)8-6(9)4-3-5-7(8)10/h3-5H,1-2H3. The molecule has 0 fully saturated rings. The second-order valence-electron chi connectivity index (χ2n) is 2.80. The van der Waals surface area contributed by atoms with Crippen LogP contribution in [0.2, 0.25) is 10.0 Å². The van der Waals surface area contributed by atoms with E-state index in [0.717, 1.165) is 10.6 Å². The van der Waals surface area contributed by atoms with Gasteiger partial charge in [0.1, 0.15) is 0 Å². The van der Waals surface area contributed by atoms with Crippen LogP contribution < -0.4 is 4.31 Å². The van der Waals surface area contributed by atoms with Gasteiger partial charge in [-0.1, -0.05) is 29.3 Å². The molecule has 0 radical (unpaired) electrons. The Labute approximate surface area is 93.3 Å². The summed E-state index contributed by atoms with van der Waals surface area (Å²) in [7, 11) is -1.93. The predicted molar refractivity (Wildman–Crippen MR) is 59.7 cm³/mol. The number of hydrogen-bond acceptors (Lipinski definition) is 2. The molecule has 0 unspecified atom stereocenters. The van der Waals surface area contributed by atoms with Crippen molar-refractivity contribution < 1.29 is 8.42 Å². The molecule has 1 aromatic carbocycles. The molecule has 1 aromatic rings. The molecular formula is C8H9Cl2NO2S. The monoisotopic (exact) mass is 253 g/mol. The molecule has 0 amide bonds. The zero-order valence-electron chi connectivity index (χ0n) is 7.66. The predicted octanol–water partition coefficient (Wildman–Crippen LogP) is 2.39. The Bertz CT molecular complexity index is 424. The summed E-state index contributed by atoms with van der Waals surface area (Å²) in [4.78, 5) is 0.